The molecule has 0 N–H and O–H groups in total. The van der Waals surface area contributed by atoms with E-state index in [1.54, 1.807) is 0 Å². The SMILES string of the molecule is CCCN1C(=O)N(CCC)C(=O)C2(Cc3ccccc3N3CCN(Cc4ccc5c(c4)OCO5)C[C@H]32)C1=O. The number of urea groups is 1. The molecule has 38 heavy (non-hydrogen) atoms. The number of anilines is 1. The fourth-order valence-corrected chi connectivity index (χ4v) is 6.52. The average molecular weight is 519 g/mol. The molecule has 200 valence electrons. The molecule has 2 saturated heterocycles. The number of piperazine rings is 1. The fourth-order valence-electron chi connectivity index (χ4n) is 6.52. The van der Waals surface area contributed by atoms with Crippen LogP contribution in [0.15, 0.2) is 42.5 Å². The summed E-state index contributed by atoms with van der Waals surface area (Å²) >= 11 is 0. The Morgan fingerprint density at radius 1 is 0.895 bits per heavy atom. The number of hydrogen-bond donors (Lipinski definition) is 0. The minimum absolute atomic E-state index is 0.229. The fraction of sp³-hybridized carbons (Fsp3) is 0.483. The van der Waals surface area contributed by atoms with Gasteiger partial charge in [0.25, 0.3) is 0 Å². The van der Waals surface area contributed by atoms with E-state index in [9.17, 15) is 14.4 Å². The summed E-state index contributed by atoms with van der Waals surface area (Å²) in [6.07, 6.45) is 1.58. The maximum Gasteiger partial charge on any atom is 0.333 e. The Balaban J connectivity index is 1.39. The Morgan fingerprint density at radius 2 is 1.61 bits per heavy atom. The van der Waals surface area contributed by atoms with E-state index in [1.165, 1.54) is 9.80 Å². The quantitative estimate of drug-likeness (QED) is 0.543. The van der Waals surface area contributed by atoms with Crippen molar-refractivity contribution >= 4 is 23.5 Å². The minimum Gasteiger partial charge on any atom is -0.454 e. The molecule has 2 aromatic carbocycles. The Labute approximate surface area is 222 Å². The third-order valence-electron chi connectivity index (χ3n) is 8.26. The van der Waals surface area contributed by atoms with Crippen LogP contribution in [-0.4, -0.2) is 78.1 Å². The van der Waals surface area contributed by atoms with Crippen molar-refractivity contribution in [3.63, 3.8) is 0 Å². The van der Waals surface area contributed by atoms with Crippen LogP contribution in [0.25, 0.3) is 0 Å². The summed E-state index contributed by atoms with van der Waals surface area (Å²) in [4.78, 5) is 49.1. The summed E-state index contributed by atoms with van der Waals surface area (Å²) < 4.78 is 11.0. The summed E-state index contributed by atoms with van der Waals surface area (Å²) in [6, 6.07) is 13.2. The first-order chi connectivity index (χ1) is 18.5. The molecule has 0 aliphatic carbocycles. The summed E-state index contributed by atoms with van der Waals surface area (Å²) in [5, 5.41) is 0. The standard InChI is InChI=1S/C29H34N4O5/c1-3-11-32-26(34)29(27(35)33(12-4-2)28(32)36)16-21-7-5-6-8-22(21)31-14-13-30(18-25(29)31)17-20-9-10-23-24(15-20)38-19-37-23/h5-10,15,25H,3-4,11-14,16-19H2,1-2H3/t25-/m0/s1. The third-order valence-corrected chi connectivity index (χ3v) is 8.26. The molecule has 0 bridgehead atoms. The van der Waals surface area contributed by atoms with Crippen molar-refractivity contribution < 1.29 is 23.9 Å². The number of carbonyl (C=O) groups is 3. The first-order valence-electron chi connectivity index (χ1n) is 13.6. The molecule has 9 nitrogen and oxygen atoms in total. The van der Waals surface area contributed by atoms with Crippen molar-refractivity contribution in [1.29, 1.82) is 0 Å². The van der Waals surface area contributed by atoms with Crippen LogP contribution in [0.2, 0.25) is 0 Å². The largest absolute Gasteiger partial charge is 0.454 e. The molecule has 4 heterocycles. The third kappa shape index (κ3) is 3.74. The number of carbonyl (C=O) groups excluding carboxylic acids is 3. The van der Waals surface area contributed by atoms with Crippen LogP contribution in [0.4, 0.5) is 10.5 Å². The van der Waals surface area contributed by atoms with Gasteiger partial charge in [-0.2, -0.15) is 0 Å². The monoisotopic (exact) mass is 518 g/mol. The van der Waals surface area contributed by atoms with Gasteiger partial charge in [-0.25, -0.2) is 4.79 Å². The second kappa shape index (κ2) is 9.62. The Hall–Kier alpha value is -3.59. The van der Waals surface area contributed by atoms with Crippen molar-refractivity contribution in [1.82, 2.24) is 14.7 Å². The Bertz CT molecular complexity index is 1250. The minimum atomic E-state index is -1.35. The first-order valence-corrected chi connectivity index (χ1v) is 13.6. The number of fused-ring (bicyclic) bond motifs is 5. The molecule has 2 aromatic rings. The van der Waals surface area contributed by atoms with E-state index in [4.69, 9.17) is 9.47 Å². The highest BCUT2D eigenvalue weighted by Crippen LogP contribution is 2.47. The highest BCUT2D eigenvalue weighted by molar-refractivity contribution is 6.20. The number of hydrogen-bond acceptors (Lipinski definition) is 7. The second-order valence-electron chi connectivity index (χ2n) is 10.6. The lowest BCUT2D eigenvalue weighted by Gasteiger charge is -2.56. The normalized spacial score (nSPS) is 22.2. The smallest absolute Gasteiger partial charge is 0.333 e. The van der Waals surface area contributed by atoms with E-state index in [0.717, 1.165) is 34.9 Å². The molecule has 4 amide bonds. The molecular formula is C29H34N4O5. The predicted octanol–water partition coefficient (Wildman–Crippen LogP) is 3.26. The van der Waals surface area contributed by atoms with Crippen LogP contribution in [-0.2, 0) is 22.6 Å². The lowest BCUT2D eigenvalue weighted by atomic mass is 9.67. The number of ether oxygens (including phenoxy) is 2. The molecular weight excluding hydrogens is 484 g/mol. The summed E-state index contributed by atoms with van der Waals surface area (Å²) in [6.45, 7) is 7.41. The van der Waals surface area contributed by atoms with E-state index in [0.29, 0.717) is 52.0 Å². The van der Waals surface area contributed by atoms with E-state index < -0.39 is 11.4 Å². The molecule has 0 saturated carbocycles. The van der Waals surface area contributed by atoms with E-state index in [2.05, 4.69) is 15.9 Å². The van der Waals surface area contributed by atoms with Gasteiger partial charge in [0.05, 0.1) is 6.04 Å². The van der Waals surface area contributed by atoms with Gasteiger partial charge in [-0.15, -0.1) is 0 Å². The van der Waals surface area contributed by atoms with Gasteiger partial charge >= 0.3 is 6.03 Å². The van der Waals surface area contributed by atoms with Gasteiger partial charge in [0.15, 0.2) is 16.9 Å². The number of rotatable bonds is 6. The molecule has 1 spiro atoms. The first kappa shape index (κ1) is 24.7. The van der Waals surface area contributed by atoms with Crippen LogP contribution in [0.5, 0.6) is 11.5 Å². The van der Waals surface area contributed by atoms with Crippen molar-refractivity contribution in [2.75, 3.05) is 44.4 Å². The van der Waals surface area contributed by atoms with Crippen molar-refractivity contribution in [3.05, 3.63) is 53.6 Å². The number of barbiturate groups is 1. The van der Waals surface area contributed by atoms with E-state index in [-0.39, 0.29) is 24.6 Å². The maximum absolute atomic E-state index is 14.3. The van der Waals surface area contributed by atoms with Crippen molar-refractivity contribution in [3.8, 4) is 11.5 Å². The molecule has 1 atom stereocenters. The molecule has 2 fully saturated rings. The number of nitrogens with zero attached hydrogens (tertiary/aromatic N) is 4. The number of benzene rings is 2. The lowest BCUT2D eigenvalue weighted by molar-refractivity contribution is -0.162. The number of para-hydroxylation sites is 1. The van der Waals surface area contributed by atoms with E-state index in [1.807, 2.05) is 50.2 Å². The molecule has 9 heteroatoms. The van der Waals surface area contributed by atoms with Gasteiger partial charge in [-0.3, -0.25) is 24.3 Å². The van der Waals surface area contributed by atoms with Crippen LogP contribution in [0, 0.1) is 5.41 Å². The van der Waals surface area contributed by atoms with Gasteiger partial charge in [0, 0.05) is 45.0 Å². The summed E-state index contributed by atoms with van der Waals surface area (Å²) in [5.74, 6) is 0.787. The van der Waals surface area contributed by atoms with E-state index >= 15 is 0 Å². The zero-order valence-corrected chi connectivity index (χ0v) is 22.0. The zero-order chi connectivity index (χ0) is 26.4. The summed E-state index contributed by atoms with van der Waals surface area (Å²) in [5.41, 5.74) is 1.80. The highest BCUT2D eigenvalue weighted by Gasteiger charge is 2.64. The topological polar surface area (TPSA) is 82.6 Å². The second-order valence-corrected chi connectivity index (χ2v) is 10.6. The van der Waals surface area contributed by atoms with Gasteiger partial charge in [0.1, 0.15) is 0 Å². The summed E-state index contributed by atoms with van der Waals surface area (Å²) in [7, 11) is 0. The Morgan fingerprint density at radius 3 is 2.34 bits per heavy atom. The van der Waals surface area contributed by atoms with Gasteiger partial charge in [0.2, 0.25) is 18.6 Å². The molecule has 0 radical (unpaired) electrons. The van der Waals surface area contributed by atoms with Gasteiger partial charge < -0.3 is 14.4 Å². The Kier molecular flexibility index (Phi) is 6.26. The predicted molar refractivity (Wildman–Crippen MR) is 141 cm³/mol. The molecule has 0 unspecified atom stereocenters. The zero-order valence-electron chi connectivity index (χ0n) is 22.0. The molecule has 4 aliphatic heterocycles. The average Bonchev–Trinajstić information content (AvgIpc) is 3.40. The van der Waals surface area contributed by atoms with Gasteiger partial charge in [-0.1, -0.05) is 38.1 Å². The van der Waals surface area contributed by atoms with Gasteiger partial charge in [-0.05, 0) is 48.6 Å². The van der Waals surface area contributed by atoms with Crippen LogP contribution in [0.3, 0.4) is 0 Å². The van der Waals surface area contributed by atoms with Crippen molar-refractivity contribution in [2.45, 2.75) is 45.7 Å². The van der Waals surface area contributed by atoms with Crippen LogP contribution >= 0.6 is 0 Å². The molecule has 0 aromatic heterocycles. The lowest BCUT2D eigenvalue weighted by Crippen LogP contribution is -2.75. The van der Waals surface area contributed by atoms with Crippen LogP contribution in [0.1, 0.15) is 37.8 Å². The number of imide groups is 2. The highest BCUT2D eigenvalue weighted by atomic mass is 16.7. The van der Waals surface area contributed by atoms with Crippen molar-refractivity contribution in [2.24, 2.45) is 5.41 Å². The maximum atomic E-state index is 14.3. The van der Waals surface area contributed by atoms with Crippen LogP contribution < -0.4 is 14.4 Å². The molecule has 6 rings (SSSR count). The molecule has 4 aliphatic rings. The number of amides is 4.